The van der Waals surface area contributed by atoms with Crippen molar-refractivity contribution in [3.05, 3.63) is 29.8 Å². The summed E-state index contributed by atoms with van der Waals surface area (Å²) in [5.41, 5.74) is 0.807. The minimum absolute atomic E-state index is 0.0421. The second-order valence-electron chi connectivity index (χ2n) is 4.59. The number of nitrogens with one attached hydrogen (secondary N) is 1. The molecule has 1 unspecified atom stereocenters. The molecule has 0 aliphatic carbocycles. The van der Waals surface area contributed by atoms with Gasteiger partial charge in [0.05, 0.1) is 31.1 Å². The zero-order valence-corrected chi connectivity index (χ0v) is 11.9. The number of rotatable bonds is 10. The fourth-order valence-corrected chi connectivity index (χ4v) is 2.12. The molecule has 114 valence electrons. The first-order valence-electron chi connectivity index (χ1n) is 7.00. The van der Waals surface area contributed by atoms with Gasteiger partial charge in [-0.2, -0.15) is 0 Å². The molecule has 0 aromatic carbocycles. The van der Waals surface area contributed by atoms with Gasteiger partial charge in [-0.25, -0.2) is 4.39 Å². The summed E-state index contributed by atoms with van der Waals surface area (Å²) in [5.74, 6) is -0.341. The second-order valence-corrected chi connectivity index (χ2v) is 4.59. The summed E-state index contributed by atoms with van der Waals surface area (Å²) in [6.07, 6.45) is 2.01. The van der Waals surface area contributed by atoms with Crippen LogP contribution in [-0.2, 0) is 0 Å². The average molecular weight is 285 g/mol. The van der Waals surface area contributed by atoms with Crippen molar-refractivity contribution in [3.8, 4) is 0 Å². The molecule has 0 aliphatic rings. The van der Waals surface area contributed by atoms with E-state index in [0.29, 0.717) is 13.1 Å². The summed E-state index contributed by atoms with van der Waals surface area (Å²) in [5, 5.41) is 21.3. The van der Waals surface area contributed by atoms with Gasteiger partial charge in [-0.3, -0.25) is 9.88 Å². The Labute approximate surface area is 119 Å². The van der Waals surface area contributed by atoms with Crippen LogP contribution in [-0.4, -0.2) is 59.5 Å². The smallest absolute Gasteiger partial charge is 0.141 e. The molecular weight excluding hydrogens is 261 g/mol. The van der Waals surface area contributed by atoms with Gasteiger partial charge in [0.15, 0.2) is 0 Å². The highest BCUT2D eigenvalue weighted by Gasteiger charge is 2.14. The van der Waals surface area contributed by atoms with E-state index in [1.807, 2.05) is 11.8 Å². The Morgan fingerprint density at radius 2 is 1.95 bits per heavy atom. The van der Waals surface area contributed by atoms with Crippen LogP contribution in [0.15, 0.2) is 18.3 Å². The van der Waals surface area contributed by atoms with Crippen molar-refractivity contribution in [2.24, 2.45) is 0 Å². The van der Waals surface area contributed by atoms with Crippen LogP contribution in [0, 0.1) is 5.82 Å². The van der Waals surface area contributed by atoms with E-state index >= 15 is 0 Å². The standard InChI is InChI=1S/C14H24FN3O2/c1-2-16-14(13-4-3-12(15)11-17-13)5-6-18(7-9-19)8-10-20/h3-4,11,14,16,19-20H,2,5-10H2,1H3. The fraction of sp³-hybridized carbons (Fsp3) is 0.643. The Balaban J connectivity index is 2.59. The van der Waals surface area contributed by atoms with Crippen LogP contribution in [0.1, 0.15) is 25.1 Å². The molecular formula is C14H24FN3O2. The van der Waals surface area contributed by atoms with Crippen molar-refractivity contribution in [3.63, 3.8) is 0 Å². The largest absolute Gasteiger partial charge is 0.395 e. The molecule has 0 saturated heterocycles. The van der Waals surface area contributed by atoms with Crippen LogP contribution < -0.4 is 5.32 Å². The molecule has 1 rings (SSSR count). The third-order valence-electron chi connectivity index (χ3n) is 3.12. The van der Waals surface area contributed by atoms with Gasteiger partial charge >= 0.3 is 0 Å². The number of aliphatic hydroxyl groups excluding tert-OH is 2. The molecule has 1 atom stereocenters. The minimum atomic E-state index is -0.341. The van der Waals surface area contributed by atoms with Crippen molar-refractivity contribution < 1.29 is 14.6 Å². The van der Waals surface area contributed by atoms with Gasteiger partial charge in [0, 0.05) is 19.6 Å². The monoisotopic (exact) mass is 285 g/mol. The second kappa shape index (κ2) is 9.77. The lowest BCUT2D eigenvalue weighted by Gasteiger charge is -2.24. The highest BCUT2D eigenvalue weighted by atomic mass is 19.1. The van der Waals surface area contributed by atoms with Crippen LogP contribution in [0.2, 0.25) is 0 Å². The first-order valence-corrected chi connectivity index (χ1v) is 7.00. The van der Waals surface area contributed by atoms with Gasteiger partial charge in [-0.05, 0) is 25.1 Å². The van der Waals surface area contributed by atoms with Gasteiger partial charge in [0.1, 0.15) is 5.82 Å². The molecule has 0 aliphatic heterocycles. The van der Waals surface area contributed by atoms with Crippen molar-refractivity contribution in [1.82, 2.24) is 15.2 Å². The van der Waals surface area contributed by atoms with Crippen LogP contribution in [0.5, 0.6) is 0 Å². The molecule has 0 spiro atoms. The third kappa shape index (κ3) is 5.92. The van der Waals surface area contributed by atoms with Gasteiger partial charge < -0.3 is 15.5 Å². The number of nitrogens with zero attached hydrogens (tertiary/aromatic N) is 2. The summed E-state index contributed by atoms with van der Waals surface area (Å²) in [6.45, 7) is 4.76. The number of hydrogen-bond acceptors (Lipinski definition) is 5. The number of aliphatic hydroxyl groups is 2. The lowest BCUT2D eigenvalue weighted by atomic mass is 10.1. The van der Waals surface area contributed by atoms with Crippen molar-refractivity contribution in [2.75, 3.05) is 39.4 Å². The highest BCUT2D eigenvalue weighted by Crippen LogP contribution is 2.15. The molecule has 1 aromatic rings. The number of aromatic nitrogens is 1. The number of halogens is 1. The Hall–Kier alpha value is -1.08. The summed E-state index contributed by atoms with van der Waals surface area (Å²) in [4.78, 5) is 6.11. The molecule has 20 heavy (non-hydrogen) atoms. The summed E-state index contributed by atoms with van der Waals surface area (Å²) in [7, 11) is 0. The molecule has 0 bridgehead atoms. The van der Waals surface area contributed by atoms with Gasteiger partial charge in [0.2, 0.25) is 0 Å². The third-order valence-corrected chi connectivity index (χ3v) is 3.12. The zero-order valence-electron chi connectivity index (χ0n) is 11.9. The fourth-order valence-electron chi connectivity index (χ4n) is 2.12. The van der Waals surface area contributed by atoms with Crippen molar-refractivity contribution in [2.45, 2.75) is 19.4 Å². The van der Waals surface area contributed by atoms with E-state index in [0.717, 1.165) is 25.2 Å². The van der Waals surface area contributed by atoms with E-state index in [2.05, 4.69) is 10.3 Å². The minimum Gasteiger partial charge on any atom is -0.395 e. The van der Waals surface area contributed by atoms with Crippen molar-refractivity contribution in [1.29, 1.82) is 0 Å². The maximum Gasteiger partial charge on any atom is 0.141 e. The molecule has 1 heterocycles. The molecule has 5 nitrogen and oxygen atoms in total. The Morgan fingerprint density at radius 1 is 1.25 bits per heavy atom. The van der Waals surface area contributed by atoms with Gasteiger partial charge in [-0.15, -0.1) is 0 Å². The van der Waals surface area contributed by atoms with Crippen LogP contribution in [0.4, 0.5) is 4.39 Å². The first-order chi connectivity index (χ1) is 9.71. The number of pyridine rings is 1. The molecule has 1 aromatic heterocycles. The molecule has 0 amide bonds. The zero-order chi connectivity index (χ0) is 14.8. The molecule has 3 N–H and O–H groups in total. The van der Waals surface area contributed by atoms with E-state index in [9.17, 15) is 4.39 Å². The van der Waals surface area contributed by atoms with Crippen LogP contribution >= 0.6 is 0 Å². The average Bonchev–Trinajstić information content (AvgIpc) is 2.45. The van der Waals surface area contributed by atoms with E-state index in [4.69, 9.17) is 10.2 Å². The van der Waals surface area contributed by atoms with Gasteiger partial charge in [-0.1, -0.05) is 6.92 Å². The lowest BCUT2D eigenvalue weighted by Crippen LogP contribution is -2.33. The summed E-state index contributed by atoms with van der Waals surface area (Å²) < 4.78 is 12.9. The highest BCUT2D eigenvalue weighted by molar-refractivity contribution is 5.09. The number of hydrogen-bond donors (Lipinski definition) is 3. The first kappa shape index (κ1) is 17.0. The van der Waals surface area contributed by atoms with E-state index < -0.39 is 0 Å². The lowest BCUT2D eigenvalue weighted by molar-refractivity contribution is 0.156. The SMILES string of the molecule is CCNC(CCN(CCO)CCO)c1ccc(F)cn1. The van der Waals surface area contributed by atoms with Gasteiger partial charge in [0.25, 0.3) is 0 Å². The topological polar surface area (TPSA) is 68.6 Å². The molecule has 0 radical (unpaired) electrons. The molecule has 6 heteroatoms. The van der Waals surface area contributed by atoms with Crippen LogP contribution in [0.3, 0.4) is 0 Å². The Morgan fingerprint density at radius 3 is 2.45 bits per heavy atom. The summed E-state index contributed by atoms with van der Waals surface area (Å²) in [6, 6.07) is 3.14. The predicted octanol–water partition coefficient (Wildman–Crippen LogP) is 0.548. The van der Waals surface area contributed by atoms with Crippen LogP contribution in [0.25, 0.3) is 0 Å². The Bertz CT molecular complexity index is 356. The normalized spacial score (nSPS) is 12.8. The van der Waals surface area contributed by atoms with Crippen molar-refractivity contribution >= 4 is 0 Å². The maximum absolute atomic E-state index is 12.9. The maximum atomic E-state index is 12.9. The molecule has 0 fully saturated rings. The van der Waals surface area contributed by atoms with E-state index in [1.165, 1.54) is 12.3 Å². The summed E-state index contributed by atoms with van der Waals surface area (Å²) >= 11 is 0. The molecule has 0 saturated carbocycles. The van der Waals surface area contributed by atoms with E-state index in [1.54, 1.807) is 6.07 Å². The van der Waals surface area contributed by atoms with E-state index in [-0.39, 0.29) is 25.1 Å². The predicted molar refractivity (Wildman–Crippen MR) is 75.8 cm³/mol. The quantitative estimate of drug-likeness (QED) is 0.586. The Kier molecular flexibility index (Phi) is 8.29.